The number of hydrogen-bond donors (Lipinski definition) is 1. The molecule has 2 aliphatic heterocycles. The van der Waals surface area contributed by atoms with Gasteiger partial charge in [0.05, 0.1) is 11.3 Å². The number of pyridine rings is 2. The predicted molar refractivity (Wildman–Crippen MR) is 157 cm³/mol. The molecule has 0 atom stereocenters. The molecule has 1 amide bonds. The fraction of sp³-hybridized carbons (Fsp3) is 0.400. The Morgan fingerprint density at radius 1 is 1.00 bits per heavy atom. The van der Waals surface area contributed by atoms with Gasteiger partial charge in [0.15, 0.2) is 0 Å². The smallest absolute Gasteiger partial charge is 0.272 e. The molecule has 41 heavy (non-hydrogen) atoms. The van der Waals surface area contributed by atoms with Crippen molar-refractivity contribution in [2.24, 2.45) is 11.1 Å². The Balaban J connectivity index is 1.24. The van der Waals surface area contributed by atoms with Gasteiger partial charge < -0.3 is 14.7 Å². The number of para-hydroxylation sites is 1. The number of aryl methyl sites for hydroxylation is 2. The summed E-state index contributed by atoms with van der Waals surface area (Å²) in [7, 11) is -3.91. The number of carbonyl (C=O) groups excluding carboxylic acids is 1. The third-order valence-electron chi connectivity index (χ3n) is 8.10. The Labute approximate surface area is 241 Å². The molecule has 5 rings (SSSR count). The fourth-order valence-electron chi connectivity index (χ4n) is 5.82. The van der Waals surface area contributed by atoms with Crippen LogP contribution in [0.15, 0.2) is 53.6 Å². The van der Waals surface area contributed by atoms with Crippen LogP contribution in [0.3, 0.4) is 0 Å². The minimum Gasteiger partial charge on any atom is -0.370 e. The van der Waals surface area contributed by atoms with Crippen LogP contribution in [0.1, 0.15) is 45.7 Å². The summed E-state index contributed by atoms with van der Waals surface area (Å²) in [4.78, 5) is 28.6. The molecule has 11 heteroatoms. The van der Waals surface area contributed by atoms with E-state index in [2.05, 4.69) is 28.9 Å². The van der Waals surface area contributed by atoms with Crippen molar-refractivity contribution in [2.75, 3.05) is 49.1 Å². The van der Waals surface area contributed by atoms with Gasteiger partial charge in [-0.25, -0.2) is 23.5 Å². The summed E-state index contributed by atoms with van der Waals surface area (Å²) >= 11 is 0. The van der Waals surface area contributed by atoms with Crippen LogP contribution in [0.2, 0.25) is 0 Å². The first kappa shape index (κ1) is 28.5. The molecule has 2 N–H and O–H groups in total. The fourth-order valence-corrected chi connectivity index (χ4v) is 6.52. The molecule has 214 valence electrons. The number of nitriles is 1. The van der Waals surface area contributed by atoms with Crippen LogP contribution in [0.25, 0.3) is 0 Å². The molecule has 1 aromatic carbocycles. The van der Waals surface area contributed by atoms with Gasteiger partial charge >= 0.3 is 0 Å². The van der Waals surface area contributed by atoms with Crippen LogP contribution < -0.4 is 14.9 Å². The van der Waals surface area contributed by atoms with Gasteiger partial charge in [0.25, 0.3) is 5.91 Å². The highest BCUT2D eigenvalue weighted by molar-refractivity contribution is 7.89. The van der Waals surface area contributed by atoms with Gasteiger partial charge in [0.2, 0.25) is 10.0 Å². The number of benzene rings is 1. The Hall–Kier alpha value is -4.01. The number of piperidine rings is 1. The maximum Gasteiger partial charge on any atom is 0.272 e. The van der Waals surface area contributed by atoms with Crippen molar-refractivity contribution in [3.05, 3.63) is 76.7 Å². The molecule has 0 unspecified atom stereocenters. The lowest BCUT2D eigenvalue weighted by molar-refractivity contribution is 0.0739. The molecule has 10 nitrogen and oxygen atoms in total. The molecule has 3 aromatic rings. The molecule has 0 saturated carbocycles. The molecule has 2 aliphatic rings. The van der Waals surface area contributed by atoms with Crippen molar-refractivity contribution in [3.8, 4) is 6.07 Å². The molecule has 2 aromatic heterocycles. The van der Waals surface area contributed by atoms with Crippen LogP contribution in [-0.4, -0.2) is 68.5 Å². The normalized spacial score (nSPS) is 16.5. The number of amides is 1. The average Bonchev–Trinajstić information content (AvgIpc) is 2.98. The highest BCUT2D eigenvalue weighted by Gasteiger charge is 2.29. The molecule has 4 heterocycles. The first-order valence-corrected chi connectivity index (χ1v) is 15.4. The van der Waals surface area contributed by atoms with Gasteiger partial charge in [0.1, 0.15) is 22.5 Å². The van der Waals surface area contributed by atoms with E-state index in [4.69, 9.17) is 10.1 Å². The summed E-state index contributed by atoms with van der Waals surface area (Å²) in [5.41, 5.74) is 5.07. The number of primary sulfonamides is 1. The van der Waals surface area contributed by atoms with E-state index in [1.807, 2.05) is 36.1 Å². The first-order valence-electron chi connectivity index (χ1n) is 13.9. The molecule has 0 bridgehead atoms. The summed E-state index contributed by atoms with van der Waals surface area (Å²) in [5, 5.41) is 14.9. The lowest BCUT2D eigenvalue weighted by Gasteiger charge is -2.36. The Morgan fingerprint density at radius 3 is 2.39 bits per heavy atom. The van der Waals surface area contributed by atoms with Crippen molar-refractivity contribution in [1.29, 1.82) is 5.26 Å². The Morgan fingerprint density at radius 2 is 1.71 bits per heavy atom. The molecule has 2 saturated heterocycles. The van der Waals surface area contributed by atoms with Crippen LogP contribution in [0.5, 0.6) is 0 Å². The van der Waals surface area contributed by atoms with Crippen molar-refractivity contribution in [3.63, 3.8) is 0 Å². The maximum absolute atomic E-state index is 13.6. The minimum absolute atomic E-state index is 0.0134. The second-order valence-electron chi connectivity index (χ2n) is 10.8. The molecule has 0 aliphatic carbocycles. The molecule has 0 spiro atoms. The number of aromatic nitrogens is 2. The van der Waals surface area contributed by atoms with E-state index >= 15 is 0 Å². The van der Waals surface area contributed by atoms with Gasteiger partial charge in [0, 0.05) is 51.2 Å². The largest absolute Gasteiger partial charge is 0.370 e. The third kappa shape index (κ3) is 6.19. The van der Waals surface area contributed by atoms with Gasteiger partial charge in [-0.2, -0.15) is 5.26 Å². The highest BCUT2D eigenvalue weighted by Crippen LogP contribution is 2.29. The topological polar surface area (TPSA) is 137 Å². The van der Waals surface area contributed by atoms with Crippen LogP contribution >= 0.6 is 0 Å². The lowest BCUT2D eigenvalue weighted by atomic mass is 9.90. The molecular formula is C30H35N7O3S. The second-order valence-corrected chi connectivity index (χ2v) is 12.4. The zero-order valence-electron chi connectivity index (χ0n) is 23.5. The number of anilines is 2. The Kier molecular flexibility index (Phi) is 8.24. The van der Waals surface area contributed by atoms with Gasteiger partial charge in [-0.1, -0.05) is 18.2 Å². The number of nitrogens with zero attached hydrogens (tertiary/aromatic N) is 6. The van der Waals surface area contributed by atoms with E-state index in [1.54, 1.807) is 11.0 Å². The van der Waals surface area contributed by atoms with Gasteiger partial charge in [-0.3, -0.25) is 4.79 Å². The number of carbonyl (C=O) groups is 1. The number of nitrogens with two attached hydrogens (primary N) is 1. The number of hydrogen-bond acceptors (Lipinski definition) is 8. The number of piperazine rings is 1. The number of rotatable bonds is 6. The summed E-state index contributed by atoms with van der Waals surface area (Å²) in [6.07, 6.45) is 4.34. The van der Waals surface area contributed by atoms with Gasteiger partial charge in [-0.05, 0) is 74.4 Å². The highest BCUT2D eigenvalue weighted by atomic mass is 32.2. The lowest BCUT2D eigenvalue weighted by Crippen LogP contribution is -2.49. The van der Waals surface area contributed by atoms with Crippen LogP contribution in [-0.2, 0) is 16.4 Å². The molecule has 0 radical (unpaired) electrons. The summed E-state index contributed by atoms with van der Waals surface area (Å²) in [5.74, 6) is 0.655. The second kappa shape index (κ2) is 11.8. The Bertz CT molecular complexity index is 1590. The summed E-state index contributed by atoms with van der Waals surface area (Å²) in [6, 6.07) is 15.1. The maximum atomic E-state index is 13.6. The van der Waals surface area contributed by atoms with Crippen LogP contribution in [0.4, 0.5) is 11.5 Å². The van der Waals surface area contributed by atoms with E-state index in [1.165, 1.54) is 12.3 Å². The SMILES string of the molecule is Cc1cc(C)c(C(=O)N2CCN(c3ncccc3S(N)(=O)=O)CC2)nc1CC1CCN(c2ccccc2C#N)CC1. The van der Waals surface area contributed by atoms with Gasteiger partial charge in [-0.15, -0.1) is 0 Å². The summed E-state index contributed by atoms with van der Waals surface area (Å²) in [6.45, 7) is 7.47. The monoisotopic (exact) mass is 573 g/mol. The van der Waals surface area contributed by atoms with Crippen molar-refractivity contribution in [1.82, 2.24) is 14.9 Å². The number of sulfonamides is 1. The van der Waals surface area contributed by atoms with Crippen LogP contribution in [0, 0.1) is 31.1 Å². The van der Waals surface area contributed by atoms with E-state index in [-0.39, 0.29) is 10.8 Å². The quantitative estimate of drug-likeness (QED) is 0.475. The summed E-state index contributed by atoms with van der Waals surface area (Å²) < 4.78 is 24.1. The molecule has 2 fully saturated rings. The van der Waals surface area contributed by atoms with E-state index < -0.39 is 10.0 Å². The zero-order valence-corrected chi connectivity index (χ0v) is 24.3. The van der Waals surface area contributed by atoms with E-state index in [0.717, 1.165) is 54.9 Å². The standard InChI is InChI=1S/C30H35N7O3S/c1-21-18-22(2)28(30(38)37-16-14-36(15-17-37)29-27(41(32,39)40)8-5-11-33-29)34-25(21)19-23-9-12-35(13-10-23)26-7-4-3-6-24(26)20-31/h3-8,11,18,23H,9-10,12-17,19H2,1-2H3,(H2,32,39,40). The van der Waals surface area contributed by atoms with E-state index in [9.17, 15) is 18.5 Å². The van der Waals surface area contributed by atoms with Crippen molar-refractivity contribution in [2.45, 2.75) is 38.0 Å². The third-order valence-corrected chi connectivity index (χ3v) is 9.03. The molecular weight excluding hydrogens is 538 g/mol. The van der Waals surface area contributed by atoms with Crippen molar-refractivity contribution >= 4 is 27.4 Å². The zero-order chi connectivity index (χ0) is 29.1. The average molecular weight is 574 g/mol. The van der Waals surface area contributed by atoms with Crippen molar-refractivity contribution < 1.29 is 13.2 Å². The predicted octanol–water partition coefficient (Wildman–Crippen LogP) is 3.03. The first-order chi connectivity index (χ1) is 19.7. The van der Waals surface area contributed by atoms with E-state index in [0.29, 0.717) is 49.2 Å². The minimum atomic E-state index is -3.91.